The van der Waals surface area contributed by atoms with Gasteiger partial charge in [-0.3, -0.25) is 0 Å². The number of hydrogen-bond acceptors (Lipinski definition) is 3. The van der Waals surface area contributed by atoms with Crippen molar-refractivity contribution in [2.24, 2.45) is 0 Å². The molecule has 0 atom stereocenters. The van der Waals surface area contributed by atoms with Gasteiger partial charge in [0.1, 0.15) is 11.0 Å². The SMILES string of the molecule is FC(F)(F)c1ccc2nn(-c3ccco3)nc2c1. The van der Waals surface area contributed by atoms with Crippen LogP contribution in [-0.4, -0.2) is 15.0 Å². The number of fused-ring (bicyclic) bond motifs is 1. The van der Waals surface area contributed by atoms with Gasteiger partial charge in [0.25, 0.3) is 0 Å². The van der Waals surface area contributed by atoms with Crippen molar-refractivity contribution in [2.45, 2.75) is 6.18 Å². The summed E-state index contributed by atoms with van der Waals surface area (Å²) in [4.78, 5) is 1.16. The summed E-state index contributed by atoms with van der Waals surface area (Å²) in [5.41, 5.74) is -0.206. The lowest BCUT2D eigenvalue weighted by Gasteiger charge is -2.04. The van der Waals surface area contributed by atoms with Gasteiger partial charge in [0, 0.05) is 6.07 Å². The standard InChI is InChI=1S/C11H6F3N3O/c12-11(13,14)7-3-4-8-9(6-7)16-17(15-8)10-2-1-5-18-10/h1-6H. The minimum atomic E-state index is -4.39. The maximum atomic E-state index is 12.5. The van der Waals surface area contributed by atoms with Gasteiger partial charge in [-0.15, -0.1) is 15.0 Å². The largest absolute Gasteiger partial charge is 0.445 e. The molecule has 0 amide bonds. The molecule has 0 fully saturated rings. The van der Waals surface area contributed by atoms with Gasteiger partial charge >= 0.3 is 6.18 Å². The Hall–Kier alpha value is -2.31. The Morgan fingerprint density at radius 2 is 1.83 bits per heavy atom. The summed E-state index contributed by atoms with van der Waals surface area (Å²) in [5.74, 6) is 0.347. The monoisotopic (exact) mass is 253 g/mol. The summed E-state index contributed by atoms with van der Waals surface area (Å²) >= 11 is 0. The van der Waals surface area contributed by atoms with E-state index in [0.717, 1.165) is 16.9 Å². The van der Waals surface area contributed by atoms with Gasteiger partial charge in [-0.25, -0.2) is 0 Å². The van der Waals surface area contributed by atoms with E-state index in [9.17, 15) is 13.2 Å². The minimum absolute atomic E-state index is 0.168. The predicted octanol–water partition coefficient (Wildman–Crippen LogP) is 3.03. The van der Waals surface area contributed by atoms with E-state index in [2.05, 4.69) is 10.2 Å². The van der Waals surface area contributed by atoms with Gasteiger partial charge < -0.3 is 4.42 Å². The van der Waals surface area contributed by atoms with Crippen molar-refractivity contribution in [3.63, 3.8) is 0 Å². The third-order valence-electron chi connectivity index (χ3n) is 2.41. The van der Waals surface area contributed by atoms with Gasteiger partial charge in [0.05, 0.1) is 11.8 Å². The molecule has 3 aromatic rings. The molecule has 0 aliphatic carbocycles. The van der Waals surface area contributed by atoms with Gasteiger partial charge in [0.15, 0.2) is 0 Å². The van der Waals surface area contributed by atoms with Crippen LogP contribution in [0.1, 0.15) is 5.56 Å². The smallest absolute Gasteiger partial charge is 0.416 e. The van der Waals surface area contributed by atoms with Gasteiger partial charge in [0.2, 0.25) is 5.88 Å². The van der Waals surface area contributed by atoms with E-state index in [1.807, 2.05) is 0 Å². The van der Waals surface area contributed by atoms with E-state index in [1.165, 1.54) is 12.3 Å². The molecule has 2 aromatic heterocycles. The highest BCUT2D eigenvalue weighted by molar-refractivity contribution is 5.74. The molecule has 0 radical (unpaired) electrons. The number of nitrogens with zero attached hydrogens (tertiary/aromatic N) is 3. The molecule has 4 nitrogen and oxygen atoms in total. The Morgan fingerprint density at radius 3 is 2.50 bits per heavy atom. The minimum Gasteiger partial charge on any atom is -0.445 e. The van der Waals surface area contributed by atoms with E-state index in [0.29, 0.717) is 11.4 Å². The van der Waals surface area contributed by atoms with Crippen LogP contribution in [0.3, 0.4) is 0 Å². The van der Waals surface area contributed by atoms with Crippen molar-refractivity contribution < 1.29 is 17.6 Å². The first-order valence-corrected chi connectivity index (χ1v) is 5.02. The molecule has 0 unspecified atom stereocenters. The molecular formula is C11H6F3N3O. The highest BCUT2D eigenvalue weighted by atomic mass is 19.4. The van der Waals surface area contributed by atoms with Crippen LogP contribution < -0.4 is 0 Å². The number of halogens is 3. The maximum Gasteiger partial charge on any atom is 0.416 e. The third-order valence-corrected chi connectivity index (χ3v) is 2.41. The zero-order chi connectivity index (χ0) is 12.8. The zero-order valence-electron chi connectivity index (χ0n) is 8.85. The number of aromatic nitrogens is 3. The number of benzene rings is 1. The predicted molar refractivity (Wildman–Crippen MR) is 56.1 cm³/mol. The molecule has 3 rings (SSSR count). The maximum absolute atomic E-state index is 12.5. The van der Waals surface area contributed by atoms with Crippen LogP contribution in [0.2, 0.25) is 0 Å². The first-order valence-electron chi connectivity index (χ1n) is 5.02. The van der Waals surface area contributed by atoms with Crippen LogP contribution in [0.5, 0.6) is 0 Å². The van der Waals surface area contributed by atoms with Crippen molar-refractivity contribution in [2.75, 3.05) is 0 Å². The lowest BCUT2D eigenvalue weighted by Crippen LogP contribution is -2.04. The topological polar surface area (TPSA) is 43.9 Å². The lowest BCUT2D eigenvalue weighted by atomic mass is 10.2. The first kappa shape index (κ1) is 10.8. The van der Waals surface area contributed by atoms with E-state index in [4.69, 9.17) is 4.42 Å². The van der Waals surface area contributed by atoms with Gasteiger partial charge in [-0.1, -0.05) is 0 Å². The Balaban J connectivity index is 2.13. The second-order valence-electron chi connectivity index (χ2n) is 3.64. The van der Waals surface area contributed by atoms with E-state index >= 15 is 0 Å². The number of alkyl halides is 3. The Labute approximate surface area is 98.6 Å². The van der Waals surface area contributed by atoms with Gasteiger partial charge in [-0.05, 0) is 24.3 Å². The van der Waals surface area contributed by atoms with Crippen LogP contribution in [0, 0.1) is 0 Å². The molecule has 0 saturated heterocycles. The van der Waals surface area contributed by atoms with Crippen molar-refractivity contribution in [1.82, 2.24) is 15.0 Å². The summed E-state index contributed by atoms with van der Waals surface area (Å²) in [5, 5.41) is 7.96. The van der Waals surface area contributed by atoms with Crippen LogP contribution >= 0.6 is 0 Å². The zero-order valence-corrected chi connectivity index (χ0v) is 8.85. The van der Waals surface area contributed by atoms with Crippen LogP contribution in [0.15, 0.2) is 41.0 Å². The molecule has 0 N–H and O–H groups in total. The first-order chi connectivity index (χ1) is 8.54. The molecule has 0 aliphatic rings. The average molecular weight is 253 g/mol. The summed E-state index contributed by atoms with van der Waals surface area (Å²) < 4.78 is 42.6. The summed E-state index contributed by atoms with van der Waals surface area (Å²) in [6, 6.07) is 6.48. The van der Waals surface area contributed by atoms with Crippen molar-refractivity contribution in [3.8, 4) is 5.88 Å². The van der Waals surface area contributed by atoms with Crippen LogP contribution in [0.25, 0.3) is 16.9 Å². The van der Waals surface area contributed by atoms with Crippen molar-refractivity contribution in [3.05, 3.63) is 42.2 Å². The quantitative estimate of drug-likeness (QED) is 0.669. The lowest BCUT2D eigenvalue weighted by molar-refractivity contribution is -0.137. The summed E-state index contributed by atoms with van der Waals surface area (Å²) in [6.07, 6.45) is -2.95. The van der Waals surface area contributed by atoms with Crippen LogP contribution in [-0.2, 0) is 6.18 Å². The molecular weight excluding hydrogens is 247 g/mol. The molecule has 0 bridgehead atoms. The molecule has 2 heterocycles. The Morgan fingerprint density at radius 1 is 1.06 bits per heavy atom. The number of hydrogen-bond donors (Lipinski definition) is 0. The molecule has 0 spiro atoms. The van der Waals surface area contributed by atoms with Gasteiger partial charge in [-0.2, -0.15) is 13.2 Å². The average Bonchev–Trinajstić information content (AvgIpc) is 2.95. The van der Waals surface area contributed by atoms with Crippen molar-refractivity contribution >= 4 is 11.0 Å². The van der Waals surface area contributed by atoms with E-state index in [1.54, 1.807) is 12.1 Å². The molecule has 7 heteroatoms. The highest BCUT2D eigenvalue weighted by Crippen LogP contribution is 2.30. The second-order valence-corrected chi connectivity index (χ2v) is 3.64. The molecule has 0 aliphatic heterocycles. The number of furan rings is 1. The normalized spacial score (nSPS) is 12.2. The molecule has 18 heavy (non-hydrogen) atoms. The third kappa shape index (κ3) is 1.73. The van der Waals surface area contributed by atoms with Crippen LogP contribution in [0.4, 0.5) is 13.2 Å². The number of rotatable bonds is 1. The molecule has 0 saturated carbocycles. The van der Waals surface area contributed by atoms with Crippen molar-refractivity contribution in [1.29, 1.82) is 0 Å². The molecule has 1 aromatic carbocycles. The van der Waals surface area contributed by atoms with E-state index in [-0.39, 0.29) is 5.52 Å². The van der Waals surface area contributed by atoms with E-state index < -0.39 is 11.7 Å². The summed E-state index contributed by atoms with van der Waals surface area (Å²) in [6.45, 7) is 0. The Kier molecular flexibility index (Phi) is 2.16. The Bertz CT molecular complexity index is 685. The fourth-order valence-electron chi connectivity index (χ4n) is 1.57. The highest BCUT2D eigenvalue weighted by Gasteiger charge is 2.30. The second kappa shape index (κ2) is 3.59. The fraction of sp³-hybridized carbons (Fsp3) is 0.0909. The molecule has 92 valence electrons. The summed E-state index contributed by atoms with van der Waals surface area (Å²) in [7, 11) is 0. The fourth-order valence-corrected chi connectivity index (χ4v) is 1.57.